The third-order valence-corrected chi connectivity index (χ3v) is 2.83. The average molecular weight is 330 g/mol. The molecule has 0 aliphatic carbocycles. The third-order valence-electron chi connectivity index (χ3n) is 2.83. The van der Waals surface area contributed by atoms with Gasteiger partial charge in [-0.2, -0.15) is 13.2 Å². The predicted molar refractivity (Wildman–Crippen MR) is 76.1 cm³/mol. The number of benzene rings is 1. The van der Waals surface area contributed by atoms with Crippen molar-refractivity contribution in [3.8, 4) is 11.6 Å². The normalized spacial score (nSPS) is 11.2. The molecule has 124 valence electrons. The van der Waals surface area contributed by atoms with Crippen LogP contribution < -0.4 is 14.8 Å². The summed E-state index contributed by atoms with van der Waals surface area (Å²) in [7, 11) is 1.38. The highest BCUT2D eigenvalue weighted by molar-refractivity contribution is 5.43. The summed E-state index contributed by atoms with van der Waals surface area (Å²) < 4.78 is 58.9. The Bertz CT molecular complexity index is 645. The summed E-state index contributed by atoms with van der Waals surface area (Å²) in [6.45, 7) is -1.07. The highest BCUT2D eigenvalue weighted by Gasteiger charge is 2.28. The number of aromatic nitrogens is 1. The maximum Gasteiger partial charge on any atom is 0.422 e. The van der Waals surface area contributed by atoms with Gasteiger partial charge in [0.2, 0.25) is 5.88 Å². The first-order chi connectivity index (χ1) is 10.9. The Morgan fingerprint density at radius 2 is 1.96 bits per heavy atom. The van der Waals surface area contributed by atoms with Crippen molar-refractivity contribution in [1.82, 2.24) is 4.98 Å². The number of methoxy groups -OCH3 is 1. The first-order valence-electron chi connectivity index (χ1n) is 6.59. The lowest BCUT2D eigenvalue weighted by atomic mass is 10.2. The van der Waals surface area contributed by atoms with Gasteiger partial charge in [-0.15, -0.1) is 0 Å². The van der Waals surface area contributed by atoms with E-state index >= 15 is 0 Å². The van der Waals surface area contributed by atoms with Gasteiger partial charge in [-0.05, 0) is 23.8 Å². The molecule has 8 heteroatoms. The summed E-state index contributed by atoms with van der Waals surface area (Å²) in [5, 5.41) is 2.98. The van der Waals surface area contributed by atoms with Gasteiger partial charge in [0.05, 0.1) is 19.0 Å². The monoisotopic (exact) mass is 330 g/mol. The molecule has 0 unspecified atom stereocenters. The smallest absolute Gasteiger partial charge is 0.422 e. The Labute approximate surface area is 130 Å². The third kappa shape index (κ3) is 5.32. The fourth-order valence-electron chi connectivity index (χ4n) is 1.75. The molecule has 0 saturated carbocycles. The van der Waals surface area contributed by atoms with Gasteiger partial charge in [0.1, 0.15) is 0 Å². The molecule has 2 aromatic rings. The van der Waals surface area contributed by atoms with Crippen LogP contribution in [-0.2, 0) is 6.54 Å². The molecule has 1 N–H and O–H groups in total. The maximum atomic E-state index is 13.5. The van der Waals surface area contributed by atoms with Crippen LogP contribution >= 0.6 is 0 Å². The summed E-state index contributed by atoms with van der Waals surface area (Å²) in [4.78, 5) is 3.76. The van der Waals surface area contributed by atoms with Gasteiger partial charge in [-0.3, -0.25) is 0 Å². The topological polar surface area (TPSA) is 43.4 Å². The molecule has 0 aliphatic rings. The molecule has 0 amide bonds. The minimum atomic E-state index is -4.41. The number of hydrogen-bond donors (Lipinski definition) is 1. The van der Waals surface area contributed by atoms with Crippen LogP contribution in [0.4, 0.5) is 23.2 Å². The summed E-state index contributed by atoms with van der Waals surface area (Å²) in [5.74, 6) is -0.439. The lowest BCUT2D eigenvalue weighted by Crippen LogP contribution is -2.19. The van der Waals surface area contributed by atoms with Gasteiger partial charge in [-0.1, -0.05) is 6.07 Å². The van der Waals surface area contributed by atoms with E-state index in [-0.39, 0.29) is 11.6 Å². The van der Waals surface area contributed by atoms with E-state index in [4.69, 9.17) is 4.74 Å². The molecule has 1 aromatic carbocycles. The fraction of sp³-hybridized carbons (Fsp3) is 0.267. The molecule has 23 heavy (non-hydrogen) atoms. The second kappa shape index (κ2) is 7.17. The molecule has 0 radical (unpaired) electrons. The van der Waals surface area contributed by atoms with Crippen molar-refractivity contribution in [2.45, 2.75) is 12.7 Å². The van der Waals surface area contributed by atoms with E-state index < -0.39 is 18.6 Å². The highest BCUT2D eigenvalue weighted by atomic mass is 19.4. The van der Waals surface area contributed by atoms with Gasteiger partial charge in [0, 0.05) is 12.6 Å². The minimum absolute atomic E-state index is 0.122. The van der Waals surface area contributed by atoms with E-state index in [0.29, 0.717) is 17.8 Å². The molecule has 0 fully saturated rings. The Balaban J connectivity index is 1.90. The number of halogens is 4. The lowest BCUT2D eigenvalue weighted by Gasteiger charge is -2.10. The number of pyridine rings is 1. The van der Waals surface area contributed by atoms with Gasteiger partial charge in [0.25, 0.3) is 0 Å². The second-order valence-electron chi connectivity index (χ2n) is 4.61. The first kappa shape index (κ1) is 16.9. The van der Waals surface area contributed by atoms with Crippen LogP contribution in [0.1, 0.15) is 5.56 Å². The lowest BCUT2D eigenvalue weighted by molar-refractivity contribution is -0.154. The van der Waals surface area contributed by atoms with Gasteiger partial charge in [0.15, 0.2) is 18.2 Å². The van der Waals surface area contributed by atoms with Gasteiger partial charge < -0.3 is 14.8 Å². The molecule has 4 nitrogen and oxygen atoms in total. The van der Waals surface area contributed by atoms with E-state index in [1.54, 1.807) is 6.07 Å². The summed E-state index contributed by atoms with van der Waals surface area (Å²) >= 11 is 0. The number of rotatable bonds is 6. The summed E-state index contributed by atoms with van der Waals surface area (Å²) in [6.07, 6.45) is -3.07. The zero-order valence-corrected chi connectivity index (χ0v) is 12.2. The SMILES string of the molecule is COc1ccc(CNc2ccc(OCC(F)(F)F)nc2)cc1F. The Kier molecular flexibility index (Phi) is 5.25. The molecule has 0 spiro atoms. The number of alkyl halides is 3. The zero-order valence-electron chi connectivity index (χ0n) is 12.2. The first-order valence-corrected chi connectivity index (χ1v) is 6.59. The van der Waals surface area contributed by atoms with Crippen LogP contribution in [0.2, 0.25) is 0 Å². The zero-order chi connectivity index (χ0) is 16.9. The Morgan fingerprint density at radius 1 is 1.17 bits per heavy atom. The number of nitrogens with zero attached hydrogens (tertiary/aromatic N) is 1. The standard InChI is InChI=1S/C15H14F4N2O2/c1-22-13-4-2-10(6-12(13)16)7-20-11-3-5-14(21-8-11)23-9-15(17,18)19/h2-6,8,20H,7,9H2,1H3. The molecule has 0 atom stereocenters. The largest absolute Gasteiger partial charge is 0.494 e. The van der Waals surface area contributed by atoms with E-state index in [1.807, 2.05) is 0 Å². The Hall–Kier alpha value is -2.51. The molecular formula is C15H14F4N2O2. The van der Waals surface area contributed by atoms with Crippen molar-refractivity contribution in [3.63, 3.8) is 0 Å². The summed E-state index contributed by atoms with van der Waals surface area (Å²) in [6, 6.07) is 7.39. The predicted octanol–water partition coefficient (Wildman–Crippen LogP) is 3.78. The van der Waals surface area contributed by atoms with Crippen LogP contribution in [-0.4, -0.2) is 24.9 Å². The Morgan fingerprint density at radius 3 is 2.52 bits per heavy atom. The van der Waals surface area contributed by atoms with Crippen molar-refractivity contribution in [3.05, 3.63) is 47.9 Å². The van der Waals surface area contributed by atoms with E-state index in [1.165, 1.54) is 37.6 Å². The fourth-order valence-corrected chi connectivity index (χ4v) is 1.75. The highest BCUT2D eigenvalue weighted by Crippen LogP contribution is 2.20. The summed E-state index contributed by atoms with van der Waals surface area (Å²) in [5.41, 5.74) is 1.25. The van der Waals surface area contributed by atoms with Crippen LogP contribution in [0.25, 0.3) is 0 Å². The molecule has 2 rings (SSSR count). The van der Waals surface area contributed by atoms with E-state index in [9.17, 15) is 17.6 Å². The van der Waals surface area contributed by atoms with Crippen molar-refractivity contribution in [2.75, 3.05) is 19.0 Å². The average Bonchev–Trinajstić information content (AvgIpc) is 2.51. The molecule has 1 heterocycles. The number of hydrogen-bond acceptors (Lipinski definition) is 4. The van der Waals surface area contributed by atoms with Crippen molar-refractivity contribution < 1.29 is 27.0 Å². The molecule has 0 aliphatic heterocycles. The van der Waals surface area contributed by atoms with Crippen LogP contribution in [0.3, 0.4) is 0 Å². The molecule has 0 saturated heterocycles. The van der Waals surface area contributed by atoms with Crippen molar-refractivity contribution >= 4 is 5.69 Å². The number of ether oxygens (including phenoxy) is 2. The molecular weight excluding hydrogens is 316 g/mol. The van der Waals surface area contributed by atoms with Crippen molar-refractivity contribution in [1.29, 1.82) is 0 Å². The van der Waals surface area contributed by atoms with E-state index in [0.717, 1.165) is 0 Å². The van der Waals surface area contributed by atoms with Crippen molar-refractivity contribution in [2.24, 2.45) is 0 Å². The molecule has 1 aromatic heterocycles. The van der Waals surface area contributed by atoms with Crippen LogP contribution in [0.15, 0.2) is 36.5 Å². The number of anilines is 1. The van der Waals surface area contributed by atoms with Gasteiger partial charge >= 0.3 is 6.18 Å². The van der Waals surface area contributed by atoms with Crippen LogP contribution in [0, 0.1) is 5.82 Å². The molecule has 0 bridgehead atoms. The minimum Gasteiger partial charge on any atom is -0.494 e. The second-order valence-corrected chi connectivity index (χ2v) is 4.61. The van der Waals surface area contributed by atoms with Gasteiger partial charge in [-0.25, -0.2) is 9.37 Å². The van der Waals surface area contributed by atoms with Crippen LogP contribution in [0.5, 0.6) is 11.6 Å². The van der Waals surface area contributed by atoms with E-state index in [2.05, 4.69) is 15.0 Å². The number of nitrogens with one attached hydrogen (secondary N) is 1. The quantitative estimate of drug-likeness (QED) is 0.819. The maximum absolute atomic E-state index is 13.5.